The number of aryl methyl sites for hydroxylation is 3. The van der Waals surface area contributed by atoms with Crippen LogP contribution >= 0.6 is 15.9 Å². The third kappa shape index (κ3) is 2.65. The quantitative estimate of drug-likeness (QED) is 0.873. The molecule has 0 saturated heterocycles. The first-order valence-corrected chi connectivity index (χ1v) is 6.87. The van der Waals surface area contributed by atoms with Crippen molar-refractivity contribution in [2.75, 3.05) is 0 Å². The van der Waals surface area contributed by atoms with Gasteiger partial charge in [0.05, 0.1) is 6.04 Å². The number of hydrogen-bond acceptors (Lipinski definition) is 1. The normalized spacial score (nSPS) is 12.5. The molecule has 0 aromatic heterocycles. The average Bonchev–Trinajstić information content (AvgIpc) is 2.35. The van der Waals surface area contributed by atoms with Gasteiger partial charge in [-0.1, -0.05) is 46.3 Å². The van der Waals surface area contributed by atoms with Crippen LogP contribution in [0.2, 0.25) is 0 Å². The van der Waals surface area contributed by atoms with E-state index in [0.29, 0.717) is 0 Å². The zero-order valence-corrected chi connectivity index (χ0v) is 12.6. The first-order chi connectivity index (χ1) is 8.49. The van der Waals surface area contributed by atoms with Crippen molar-refractivity contribution in [2.24, 2.45) is 5.73 Å². The van der Waals surface area contributed by atoms with Gasteiger partial charge in [-0.3, -0.25) is 0 Å². The number of halogens is 1. The lowest BCUT2D eigenvalue weighted by Gasteiger charge is -2.15. The van der Waals surface area contributed by atoms with Gasteiger partial charge >= 0.3 is 0 Å². The van der Waals surface area contributed by atoms with Gasteiger partial charge < -0.3 is 5.73 Å². The van der Waals surface area contributed by atoms with Crippen molar-refractivity contribution >= 4 is 15.9 Å². The van der Waals surface area contributed by atoms with Gasteiger partial charge in [-0.25, -0.2) is 0 Å². The number of rotatable bonds is 2. The van der Waals surface area contributed by atoms with E-state index >= 15 is 0 Å². The summed E-state index contributed by atoms with van der Waals surface area (Å²) in [5.74, 6) is 0. The van der Waals surface area contributed by atoms with Crippen LogP contribution < -0.4 is 5.73 Å². The Bertz CT molecular complexity index is 524. The van der Waals surface area contributed by atoms with Gasteiger partial charge in [0.1, 0.15) is 0 Å². The fraction of sp³-hybridized carbons (Fsp3) is 0.250. The van der Waals surface area contributed by atoms with Crippen LogP contribution in [-0.2, 0) is 0 Å². The van der Waals surface area contributed by atoms with E-state index in [0.717, 1.165) is 15.6 Å². The summed E-state index contributed by atoms with van der Waals surface area (Å²) in [4.78, 5) is 0. The largest absolute Gasteiger partial charge is 0.320 e. The summed E-state index contributed by atoms with van der Waals surface area (Å²) in [5.41, 5.74) is 12.4. The zero-order valence-electron chi connectivity index (χ0n) is 11.0. The third-order valence-corrected chi connectivity index (χ3v) is 4.30. The Morgan fingerprint density at radius 2 is 1.39 bits per heavy atom. The van der Waals surface area contributed by atoms with Gasteiger partial charge in [0.2, 0.25) is 0 Å². The number of nitrogens with two attached hydrogens (primary N) is 1. The van der Waals surface area contributed by atoms with Crippen LogP contribution in [0.15, 0.2) is 40.9 Å². The highest BCUT2D eigenvalue weighted by atomic mass is 79.9. The molecule has 0 spiro atoms. The molecule has 0 aliphatic carbocycles. The minimum atomic E-state index is -0.0683. The first-order valence-electron chi connectivity index (χ1n) is 6.08. The predicted molar refractivity (Wildman–Crippen MR) is 80.8 cm³/mol. The van der Waals surface area contributed by atoms with E-state index < -0.39 is 0 Å². The molecule has 1 atom stereocenters. The SMILES string of the molecule is Cc1ccc(C(N)c2ccc(C)c(Br)c2)cc1C. The van der Waals surface area contributed by atoms with Crippen molar-refractivity contribution in [3.05, 3.63) is 68.7 Å². The fourth-order valence-electron chi connectivity index (χ4n) is 1.95. The Morgan fingerprint density at radius 1 is 0.833 bits per heavy atom. The number of benzene rings is 2. The van der Waals surface area contributed by atoms with Crippen LogP contribution in [0.4, 0.5) is 0 Å². The Hall–Kier alpha value is -1.12. The van der Waals surface area contributed by atoms with Crippen molar-refractivity contribution in [3.8, 4) is 0 Å². The molecule has 2 aromatic carbocycles. The second-order valence-corrected chi connectivity index (χ2v) is 5.68. The molecule has 0 saturated carbocycles. The Morgan fingerprint density at radius 3 is 1.94 bits per heavy atom. The molecule has 2 N–H and O–H groups in total. The summed E-state index contributed by atoms with van der Waals surface area (Å²) in [7, 11) is 0. The van der Waals surface area contributed by atoms with Crippen molar-refractivity contribution in [1.82, 2.24) is 0 Å². The number of hydrogen-bond donors (Lipinski definition) is 1. The highest BCUT2D eigenvalue weighted by molar-refractivity contribution is 9.10. The molecule has 18 heavy (non-hydrogen) atoms. The molecule has 1 unspecified atom stereocenters. The average molecular weight is 304 g/mol. The van der Waals surface area contributed by atoms with E-state index in [9.17, 15) is 0 Å². The highest BCUT2D eigenvalue weighted by Gasteiger charge is 2.10. The van der Waals surface area contributed by atoms with Gasteiger partial charge in [0, 0.05) is 4.47 Å². The summed E-state index contributed by atoms with van der Waals surface area (Å²) in [6.45, 7) is 6.32. The van der Waals surface area contributed by atoms with Gasteiger partial charge in [-0.15, -0.1) is 0 Å². The summed E-state index contributed by atoms with van der Waals surface area (Å²) >= 11 is 3.56. The molecular weight excluding hydrogens is 286 g/mol. The Kier molecular flexibility index (Phi) is 3.88. The molecule has 0 radical (unpaired) electrons. The highest BCUT2D eigenvalue weighted by Crippen LogP contribution is 2.25. The minimum absolute atomic E-state index is 0.0683. The van der Waals surface area contributed by atoms with Crippen molar-refractivity contribution < 1.29 is 0 Å². The third-order valence-electron chi connectivity index (χ3n) is 3.45. The van der Waals surface area contributed by atoms with E-state index in [1.54, 1.807) is 0 Å². The van der Waals surface area contributed by atoms with Crippen LogP contribution in [-0.4, -0.2) is 0 Å². The molecule has 94 valence electrons. The van der Waals surface area contributed by atoms with E-state index in [-0.39, 0.29) is 6.04 Å². The molecule has 0 fully saturated rings. The van der Waals surface area contributed by atoms with Gasteiger partial charge in [-0.2, -0.15) is 0 Å². The van der Waals surface area contributed by atoms with Gasteiger partial charge in [0.15, 0.2) is 0 Å². The maximum Gasteiger partial charge on any atom is 0.0552 e. The van der Waals surface area contributed by atoms with Crippen LogP contribution in [0.25, 0.3) is 0 Å². The minimum Gasteiger partial charge on any atom is -0.320 e. The summed E-state index contributed by atoms with van der Waals surface area (Å²) in [6, 6.07) is 12.7. The van der Waals surface area contributed by atoms with Crippen LogP contribution in [0, 0.1) is 20.8 Å². The summed E-state index contributed by atoms with van der Waals surface area (Å²) in [6.07, 6.45) is 0. The smallest absolute Gasteiger partial charge is 0.0552 e. The Balaban J connectivity index is 2.37. The van der Waals surface area contributed by atoms with E-state index in [1.807, 2.05) is 0 Å². The standard InChI is InChI=1S/C16H18BrN/c1-10-4-6-13(8-12(10)3)16(18)14-7-5-11(2)15(17)9-14/h4-9,16H,18H2,1-3H3. The van der Waals surface area contributed by atoms with Crippen molar-refractivity contribution in [3.63, 3.8) is 0 Å². The fourth-order valence-corrected chi connectivity index (χ4v) is 2.35. The molecule has 1 nitrogen and oxygen atoms in total. The lowest BCUT2D eigenvalue weighted by molar-refractivity contribution is 0.867. The van der Waals surface area contributed by atoms with E-state index in [1.165, 1.54) is 16.7 Å². The summed E-state index contributed by atoms with van der Waals surface area (Å²) in [5, 5.41) is 0. The summed E-state index contributed by atoms with van der Waals surface area (Å²) < 4.78 is 1.11. The Labute approximate surface area is 117 Å². The molecule has 2 rings (SSSR count). The molecule has 0 amide bonds. The lowest BCUT2D eigenvalue weighted by atomic mass is 9.96. The van der Waals surface area contributed by atoms with Gasteiger partial charge in [-0.05, 0) is 54.7 Å². The maximum atomic E-state index is 6.33. The van der Waals surface area contributed by atoms with E-state index in [2.05, 4.69) is 73.1 Å². The lowest BCUT2D eigenvalue weighted by Crippen LogP contribution is -2.12. The van der Waals surface area contributed by atoms with Crippen LogP contribution in [0.5, 0.6) is 0 Å². The second kappa shape index (κ2) is 5.25. The monoisotopic (exact) mass is 303 g/mol. The van der Waals surface area contributed by atoms with Gasteiger partial charge in [0.25, 0.3) is 0 Å². The molecule has 0 aliphatic rings. The van der Waals surface area contributed by atoms with Crippen LogP contribution in [0.3, 0.4) is 0 Å². The zero-order chi connectivity index (χ0) is 13.3. The maximum absolute atomic E-state index is 6.33. The van der Waals surface area contributed by atoms with Crippen molar-refractivity contribution in [1.29, 1.82) is 0 Å². The molecule has 0 aliphatic heterocycles. The molecule has 2 aromatic rings. The van der Waals surface area contributed by atoms with Crippen LogP contribution in [0.1, 0.15) is 33.9 Å². The molecule has 0 heterocycles. The predicted octanol–water partition coefficient (Wildman–Crippen LogP) is 4.42. The molecule has 2 heteroatoms. The first kappa shape index (κ1) is 13.3. The van der Waals surface area contributed by atoms with E-state index in [4.69, 9.17) is 5.73 Å². The molecule has 0 bridgehead atoms. The molecular formula is C16H18BrN. The van der Waals surface area contributed by atoms with Crippen molar-refractivity contribution in [2.45, 2.75) is 26.8 Å². The topological polar surface area (TPSA) is 26.0 Å². The second-order valence-electron chi connectivity index (χ2n) is 4.83.